The van der Waals surface area contributed by atoms with Crippen LogP contribution in [0, 0.1) is 5.82 Å². The van der Waals surface area contributed by atoms with Gasteiger partial charge in [-0.1, -0.05) is 24.3 Å². The van der Waals surface area contributed by atoms with Crippen molar-refractivity contribution in [3.63, 3.8) is 0 Å². The Morgan fingerprint density at radius 3 is 2.25 bits per heavy atom. The van der Waals surface area contributed by atoms with Gasteiger partial charge in [0.1, 0.15) is 11.6 Å². The van der Waals surface area contributed by atoms with Gasteiger partial charge in [-0.3, -0.25) is 0 Å². The number of aliphatic hydroxyl groups is 1. The lowest BCUT2D eigenvalue weighted by atomic mass is 10.1. The number of methoxy groups -OCH3 is 1. The standard InChI is InChI=1S/C17H20FNO4S/c1-19(11-17(20)14-5-9-16(23-2)10-6-14)24(21,22)12-13-3-7-15(18)8-4-13/h3-10,17,20H,11-12H2,1-2H3. The molecule has 0 radical (unpaired) electrons. The molecule has 0 amide bonds. The molecule has 2 aromatic rings. The molecular formula is C17H20FNO4S. The molecule has 24 heavy (non-hydrogen) atoms. The molecule has 0 aliphatic carbocycles. The summed E-state index contributed by atoms with van der Waals surface area (Å²) in [7, 11) is -0.665. The number of likely N-dealkylation sites (N-methyl/N-ethyl adjacent to an activating group) is 1. The molecule has 0 spiro atoms. The fraction of sp³-hybridized carbons (Fsp3) is 0.294. The van der Waals surface area contributed by atoms with Gasteiger partial charge in [0.2, 0.25) is 10.0 Å². The maximum absolute atomic E-state index is 12.9. The molecule has 5 nitrogen and oxygen atoms in total. The smallest absolute Gasteiger partial charge is 0.218 e. The average Bonchev–Trinajstić information content (AvgIpc) is 2.56. The molecule has 0 aliphatic heterocycles. The lowest BCUT2D eigenvalue weighted by Gasteiger charge is -2.21. The molecule has 0 saturated carbocycles. The van der Waals surface area contributed by atoms with Crippen LogP contribution in [0.4, 0.5) is 4.39 Å². The first kappa shape index (κ1) is 18.4. The zero-order valence-electron chi connectivity index (χ0n) is 13.5. The minimum absolute atomic E-state index is 0.0736. The Morgan fingerprint density at radius 1 is 1.12 bits per heavy atom. The van der Waals surface area contributed by atoms with Gasteiger partial charge >= 0.3 is 0 Å². The van der Waals surface area contributed by atoms with Crippen LogP contribution in [0.15, 0.2) is 48.5 Å². The molecule has 0 heterocycles. The molecule has 0 saturated heterocycles. The molecule has 7 heteroatoms. The monoisotopic (exact) mass is 353 g/mol. The highest BCUT2D eigenvalue weighted by Gasteiger charge is 2.22. The molecule has 0 aromatic heterocycles. The summed E-state index contributed by atoms with van der Waals surface area (Å²) in [6, 6.07) is 12.1. The number of benzene rings is 2. The second-order valence-electron chi connectivity index (χ2n) is 5.45. The summed E-state index contributed by atoms with van der Waals surface area (Å²) in [6.07, 6.45) is -0.955. The predicted octanol–water partition coefficient (Wildman–Crippen LogP) is 2.33. The minimum Gasteiger partial charge on any atom is -0.497 e. The number of nitrogens with zero attached hydrogens (tertiary/aromatic N) is 1. The number of rotatable bonds is 7. The van der Waals surface area contributed by atoms with Crippen LogP contribution in [0.3, 0.4) is 0 Å². The van der Waals surface area contributed by atoms with Crippen molar-refractivity contribution in [2.75, 3.05) is 20.7 Å². The summed E-state index contributed by atoms with van der Waals surface area (Å²) in [5.74, 6) is -0.0123. The van der Waals surface area contributed by atoms with E-state index < -0.39 is 21.9 Å². The van der Waals surface area contributed by atoms with Gasteiger partial charge in [-0.05, 0) is 35.4 Å². The number of sulfonamides is 1. The zero-order chi connectivity index (χ0) is 17.7. The lowest BCUT2D eigenvalue weighted by Crippen LogP contribution is -2.32. The summed E-state index contributed by atoms with van der Waals surface area (Å²) < 4.78 is 43.7. The number of hydrogen-bond donors (Lipinski definition) is 1. The van der Waals surface area contributed by atoms with Crippen molar-refractivity contribution in [1.82, 2.24) is 4.31 Å². The molecular weight excluding hydrogens is 333 g/mol. The Bertz CT molecular complexity index is 760. The number of aliphatic hydroxyl groups excluding tert-OH is 1. The highest BCUT2D eigenvalue weighted by Crippen LogP contribution is 2.20. The van der Waals surface area contributed by atoms with Crippen molar-refractivity contribution in [3.05, 3.63) is 65.5 Å². The molecule has 1 N–H and O–H groups in total. The third-order valence-electron chi connectivity index (χ3n) is 3.67. The topological polar surface area (TPSA) is 66.8 Å². The highest BCUT2D eigenvalue weighted by atomic mass is 32.2. The fourth-order valence-electron chi connectivity index (χ4n) is 2.19. The first-order valence-electron chi connectivity index (χ1n) is 7.32. The van der Waals surface area contributed by atoms with Crippen molar-refractivity contribution in [2.45, 2.75) is 11.9 Å². The van der Waals surface area contributed by atoms with Crippen LogP contribution in [0.25, 0.3) is 0 Å². The van der Waals surface area contributed by atoms with Gasteiger partial charge in [-0.2, -0.15) is 0 Å². The molecule has 2 aromatic carbocycles. The molecule has 1 atom stereocenters. The van der Waals surface area contributed by atoms with Crippen LogP contribution in [0.5, 0.6) is 5.75 Å². The van der Waals surface area contributed by atoms with Crippen LogP contribution in [0.2, 0.25) is 0 Å². The second kappa shape index (κ2) is 7.74. The average molecular weight is 353 g/mol. The quantitative estimate of drug-likeness (QED) is 0.830. The van der Waals surface area contributed by atoms with E-state index >= 15 is 0 Å². The summed E-state index contributed by atoms with van der Waals surface area (Å²) in [4.78, 5) is 0. The molecule has 2 rings (SSSR count). The normalized spacial score (nSPS) is 13.0. The SMILES string of the molecule is COc1ccc(C(O)CN(C)S(=O)(=O)Cc2ccc(F)cc2)cc1. The van der Waals surface area contributed by atoms with E-state index in [9.17, 15) is 17.9 Å². The van der Waals surface area contributed by atoms with Crippen LogP contribution in [-0.2, 0) is 15.8 Å². The molecule has 0 bridgehead atoms. The number of hydrogen-bond acceptors (Lipinski definition) is 4. The van der Waals surface area contributed by atoms with Crippen molar-refractivity contribution >= 4 is 10.0 Å². The lowest BCUT2D eigenvalue weighted by molar-refractivity contribution is 0.155. The maximum Gasteiger partial charge on any atom is 0.218 e. The summed E-state index contributed by atoms with van der Waals surface area (Å²) in [6.45, 7) is -0.0736. The third-order valence-corrected chi connectivity index (χ3v) is 5.46. The predicted molar refractivity (Wildman–Crippen MR) is 89.6 cm³/mol. The zero-order valence-corrected chi connectivity index (χ0v) is 14.3. The third kappa shape index (κ3) is 4.77. The van der Waals surface area contributed by atoms with Gasteiger partial charge in [0.25, 0.3) is 0 Å². The molecule has 130 valence electrons. The van der Waals surface area contributed by atoms with Crippen LogP contribution in [-0.4, -0.2) is 38.5 Å². The first-order valence-corrected chi connectivity index (χ1v) is 8.93. The summed E-state index contributed by atoms with van der Waals surface area (Å²) >= 11 is 0. The number of ether oxygens (including phenoxy) is 1. The van der Waals surface area contributed by atoms with E-state index in [2.05, 4.69) is 0 Å². The first-order chi connectivity index (χ1) is 11.3. The molecule has 0 aliphatic rings. The van der Waals surface area contributed by atoms with Crippen LogP contribution >= 0.6 is 0 Å². The van der Waals surface area contributed by atoms with Crippen LogP contribution in [0.1, 0.15) is 17.2 Å². The van der Waals surface area contributed by atoms with E-state index in [-0.39, 0.29) is 12.3 Å². The number of halogens is 1. The molecule has 1 unspecified atom stereocenters. The Balaban J connectivity index is 2.03. The van der Waals surface area contributed by atoms with Gasteiger partial charge < -0.3 is 9.84 Å². The second-order valence-corrected chi connectivity index (χ2v) is 7.53. The minimum atomic E-state index is -3.62. The van der Waals surface area contributed by atoms with Crippen molar-refractivity contribution < 1.29 is 22.7 Å². The van der Waals surface area contributed by atoms with E-state index in [1.54, 1.807) is 31.4 Å². The Kier molecular flexibility index (Phi) is 5.93. The van der Waals surface area contributed by atoms with Crippen molar-refractivity contribution in [3.8, 4) is 5.75 Å². The van der Waals surface area contributed by atoms with E-state index in [1.807, 2.05) is 0 Å². The summed E-state index contributed by atoms with van der Waals surface area (Å²) in [5.41, 5.74) is 1.09. The maximum atomic E-state index is 12.9. The van der Waals surface area contributed by atoms with E-state index in [4.69, 9.17) is 4.74 Å². The van der Waals surface area contributed by atoms with Gasteiger partial charge in [0.05, 0.1) is 19.0 Å². The van der Waals surface area contributed by atoms with E-state index in [1.165, 1.54) is 31.3 Å². The Labute approximate surface area is 141 Å². The van der Waals surface area contributed by atoms with Gasteiger partial charge in [-0.15, -0.1) is 0 Å². The van der Waals surface area contributed by atoms with Crippen molar-refractivity contribution in [2.24, 2.45) is 0 Å². The largest absolute Gasteiger partial charge is 0.497 e. The van der Waals surface area contributed by atoms with Gasteiger partial charge in [0, 0.05) is 13.6 Å². The van der Waals surface area contributed by atoms with Crippen LogP contribution < -0.4 is 4.74 Å². The Hall–Kier alpha value is -1.96. The summed E-state index contributed by atoms with van der Waals surface area (Å²) in [5, 5.41) is 10.2. The fourth-order valence-corrected chi connectivity index (χ4v) is 3.39. The highest BCUT2D eigenvalue weighted by molar-refractivity contribution is 7.88. The van der Waals surface area contributed by atoms with E-state index in [0.717, 1.165) is 4.31 Å². The van der Waals surface area contributed by atoms with Crippen molar-refractivity contribution in [1.29, 1.82) is 0 Å². The van der Waals surface area contributed by atoms with Gasteiger partial charge in [-0.25, -0.2) is 17.1 Å². The van der Waals surface area contributed by atoms with E-state index in [0.29, 0.717) is 16.9 Å². The van der Waals surface area contributed by atoms with Gasteiger partial charge in [0.15, 0.2) is 0 Å². The molecule has 0 fully saturated rings. The Morgan fingerprint density at radius 2 is 1.71 bits per heavy atom.